The van der Waals surface area contributed by atoms with Gasteiger partial charge >= 0.3 is 6.09 Å². The summed E-state index contributed by atoms with van der Waals surface area (Å²) in [6, 6.07) is 10.0. The van der Waals surface area contributed by atoms with Crippen LogP contribution in [-0.2, 0) is 11.3 Å². The van der Waals surface area contributed by atoms with Crippen LogP contribution < -0.4 is 11.1 Å². The van der Waals surface area contributed by atoms with Crippen molar-refractivity contribution in [2.75, 3.05) is 0 Å². The molecule has 0 radical (unpaired) electrons. The van der Waals surface area contributed by atoms with Gasteiger partial charge in [-0.25, -0.2) is 4.79 Å². The number of ether oxygens (including phenoxy) is 1. The maximum Gasteiger partial charge on any atom is 0.407 e. The molecule has 1 amide bonds. The number of nitrogens with two attached hydrogens (primary N) is 1. The molecule has 2 unspecified atom stereocenters. The number of carbonyl (C=O) groups excluding carboxylic acids is 1. The van der Waals surface area contributed by atoms with Crippen LogP contribution in [0.25, 0.3) is 0 Å². The Labute approximate surface area is 108 Å². The van der Waals surface area contributed by atoms with E-state index in [-0.39, 0.29) is 18.2 Å². The van der Waals surface area contributed by atoms with Crippen molar-refractivity contribution in [3.8, 4) is 0 Å². The minimum Gasteiger partial charge on any atom is -0.445 e. The number of rotatable bonds is 3. The van der Waals surface area contributed by atoms with Gasteiger partial charge in [-0.2, -0.15) is 0 Å². The van der Waals surface area contributed by atoms with E-state index in [1.807, 2.05) is 30.3 Å². The van der Waals surface area contributed by atoms with Crippen molar-refractivity contribution in [2.45, 2.75) is 44.4 Å². The molecule has 4 heteroatoms. The normalized spacial score (nSPS) is 23.4. The molecule has 18 heavy (non-hydrogen) atoms. The molecule has 98 valence electrons. The van der Waals surface area contributed by atoms with E-state index in [1.54, 1.807) is 0 Å². The lowest BCUT2D eigenvalue weighted by Crippen LogP contribution is -2.42. The summed E-state index contributed by atoms with van der Waals surface area (Å²) in [5.74, 6) is 0. The van der Waals surface area contributed by atoms with Crippen molar-refractivity contribution in [1.29, 1.82) is 0 Å². The zero-order valence-corrected chi connectivity index (χ0v) is 10.5. The number of hydrogen-bond acceptors (Lipinski definition) is 3. The second-order valence-electron chi connectivity index (χ2n) is 4.83. The second kappa shape index (κ2) is 6.40. The summed E-state index contributed by atoms with van der Waals surface area (Å²) in [5, 5.41) is 2.88. The SMILES string of the molecule is NC1CCCC(NC(=O)OCc2ccccc2)C1. The first kappa shape index (κ1) is 12.9. The minimum absolute atomic E-state index is 0.164. The fraction of sp³-hybridized carbons (Fsp3) is 0.500. The van der Waals surface area contributed by atoms with Gasteiger partial charge in [0, 0.05) is 12.1 Å². The van der Waals surface area contributed by atoms with Crippen molar-refractivity contribution in [3.63, 3.8) is 0 Å². The standard InChI is InChI=1S/C14H20N2O2/c15-12-7-4-8-13(9-12)16-14(17)18-10-11-5-2-1-3-6-11/h1-3,5-6,12-13H,4,7-10,15H2,(H,16,17). The van der Waals surface area contributed by atoms with Gasteiger partial charge in [-0.1, -0.05) is 30.3 Å². The summed E-state index contributed by atoms with van der Waals surface area (Å²) in [6.45, 7) is 0.311. The van der Waals surface area contributed by atoms with E-state index < -0.39 is 0 Å². The Kier molecular flexibility index (Phi) is 4.59. The fourth-order valence-electron chi connectivity index (χ4n) is 2.29. The Hall–Kier alpha value is -1.55. The maximum absolute atomic E-state index is 11.6. The monoisotopic (exact) mass is 248 g/mol. The summed E-state index contributed by atoms with van der Waals surface area (Å²) in [4.78, 5) is 11.6. The lowest BCUT2D eigenvalue weighted by atomic mass is 9.92. The van der Waals surface area contributed by atoms with E-state index in [2.05, 4.69) is 5.32 Å². The van der Waals surface area contributed by atoms with Crippen LogP contribution in [0.2, 0.25) is 0 Å². The number of benzene rings is 1. The third-order valence-electron chi connectivity index (χ3n) is 3.25. The van der Waals surface area contributed by atoms with Crippen LogP contribution in [0.1, 0.15) is 31.2 Å². The summed E-state index contributed by atoms with van der Waals surface area (Å²) in [6.07, 6.45) is 3.62. The highest BCUT2D eigenvalue weighted by Gasteiger charge is 2.21. The molecular weight excluding hydrogens is 228 g/mol. The molecule has 4 nitrogen and oxygen atoms in total. The van der Waals surface area contributed by atoms with Crippen molar-refractivity contribution in [3.05, 3.63) is 35.9 Å². The van der Waals surface area contributed by atoms with Crippen molar-refractivity contribution >= 4 is 6.09 Å². The quantitative estimate of drug-likeness (QED) is 0.861. The van der Waals surface area contributed by atoms with Crippen LogP contribution in [-0.4, -0.2) is 18.2 Å². The molecule has 2 atom stereocenters. The molecule has 1 fully saturated rings. The molecule has 0 heterocycles. The number of alkyl carbamates (subject to hydrolysis) is 1. The molecule has 0 spiro atoms. The first-order valence-corrected chi connectivity index (χ1v) is 6.47. The van der Waals surface area contributed by atoms with Gasteiger partial charge in [-0.3, -0.25) is 0 Å². The molecule has 3 N–H and O–H groups in total. The van der Waals surface area contributed by atoms with Gasteiger partial charge in [0.05, 0.1) is 0 Å². The molecule has 2 rings (SSSR count). The van der Waals surface area contributed by atoms with E-state index in [0.29, 0.717) is 6.61 Å². The zero-order valence-electron chi connectivity index (χ0n) is 10.5. The van der Waals surface area contributed by atoms with Crippen LogP contribution in [0.5, 0.6) is 0 Å². The van der Waals surface area contributed by atoms with Gasteiger partial charge in [0.25, 0.3) is 0 Å². The van der Waals surface area contributed by atoms with Gasteiger partial charge in [-0.05, 0) is 31.2 Å². The predicted octanol–water partition coefficient (Wildman–Crippen LogP) is 2.18. The van der Waals surface area contributed by atoms with Crippen LogP contribution in [0.3, 0.4) is 0 Å². The molecule has 1 saturated carbocycles. The van der Waals surface area contributed by atoms with E-state index in [9.17, 15) is 4.79 Å². The molecule has 1 aliphatic carbocycles. The minimum atomic E-state index is -0.349. The van der Waals surface area contributed by atoms with E-state index in [0.717, 1.165) is 31.2 Å². The Morgan fingerprint density at radius 1 is 1.33 bits per heavy atom. The number of carbonyl (C=O) groups is 1. The van der Waals surface area contributed by atoms with Crippen molar-refractivity contribution in [1.82, 2.24) is 5.32 Å². The largest absolute Gasteiger partial charge is 0.445 e. The lowest BCUT2D eigenvalue weighted by Gasteiger charge is -2.26. The van der Waals surface area contributed by atoms with E-state index >= 15 is 0 Å². The van der Waals surface area contributed by atoms with Crippen molar-refractivity contribution < 1.29 is 9.53 Å². The summed E-state index contributed by atoms with van der Waals surface area (Å²) >= 11 is 0. The molecule has 0 aliphatic heterocycles. The first-order valence-electron chi connectivity index (χ1n) is 6.47. The highest BCUT2D eigenvalue weighted by atomic mass is 16.5. The highest BCUT2D eigenvalue weighted by molar-refractivity contribution is 5.67. The lowest BCUT2D eigenvalue weighted by molar-refractivity contribution is 0.132. The second-order valence-corrected chi connectivity index (χ2v) is 4.83. The Morgan fingerprint density at radius 2 is 2.11 bits per heavy atom. The third-order valence-corrected chi connectivity index (χ3v) is 3.25. The van der Waals surface area contributed by atoms with E-state index in [4.69, 9.17) is 10.5 Å². The first-order chi connectivity index (χ1) is 8.74. The average molecular weight is 248 g/mol. The Balaban J connectivity index is 1.72. The average Bonchev–Trinajstić information content (AvgIpc) is 2.38. The van der Waals surface area contributed by atoms with Crippen LogP contribution in [0, 0.1) is 0 Å². The van der Waals surface area contributed by atoms with Crippen LogP contribution in [0.15, 0.2) is 30.3 Å². The van der Waals surface area contributed by atoms with Gasteiger partial charge < -0.3 is 15.8 Å². The number of hydrogen-bond donors (Lipinski definition) is 2. The number of nitrogens with one attached hydrogen (secondary N) is 1. The maximum atomic E-state index is 11.6. The van der Waals surface area contributed by atoms with Gasteiger partial charge in [0.1, 0.15) is 6.61 Å². The predicted molar refractivity (Wildman–Crippen MR) is 70.0 cm³/mol. The van der Waals surface area contributed by atoms with Crippen LogP contribution in [0.4, 0.5) is 4.79 Å². The van der Waals surface area contributed by atoms with E-state index in [1.165, 1.54) is 0 Å². The van der Waals surface area contributed by atoms with Gasteiger partial charge in [0.2, 0.25) is 0 Å². The van der Waals surface area contributed by atoms with Gasteiger partial charge in [0.15, 0.2) is 0 Å². The number of amides is 1. The molecule has 0 aromatic heterocycles. The summed E-state index contributed by atoms with van der Waals surface area (Å²) in [7, 11) is 0. The molecule has 1 aromatic rings. The molecule has 1 aliphatic rings. The smallest absolute Gasteiger partial charge is 0.407 e. The Morgan fingerprint density at radius 3 is 2.83 bits per heavy atom. The Bertz CT molecular complexity index is 381. The third kappa shape index (κ3) is 4.04. The van der Waals surface area contributed by atoms with Crippen LogP contribution >= 0.6 is 0 Å². The van der Waals surface area contributed by atoms with Crippen molar-refractivity contribution in [2.24, 2.45) is 5.73 Å². The highest BCUT2D eigenvalue weighted by Crippen LogP contribution is 2.17. The summed E-state index contributed by atoms with van der Waals surface area (Å²) in [5.41, 5.74) is 6.87. The molecule has 0 saturated heterocycles. The molecule has 1 aromatic carbocycles. The summed E-state index contributed by atoms with van der Waals surface area (Å²) < 4.78 is 5.18. The zero-order chi connectivity index (χ0) is 12.8. The fourth-order valence-corrected chi connectivity index (χ4v) is 2.29. The molecular formula is C14H20N2O2. The molecule has 0 bridgehead atoms. The van der Waals surface area contributed by atoms with Gasteiger partial charge in [-0.15, -0.1) is 0 Å². The topological polar surface area (TPSA) is 64.3 Å².